The summed E-state index contributed by atoms with van der Waals surface area (Å²) in [5.74, 6) is -17.1. The van der Waals surface area contributed by atoms with Crippen molar-refractivity contribution in [2.45, 2.75) is 11.1 Å². The number of ether oxygens (including phenoxy) is 2. The molecular formula is C15H8F7NO6S. The van der Waals surface area contributed by atoms with Crippen LogP contribution in [0.25, 0.3) is 0 Å². The van der Waals surface area contributed by atoms with E-state index in [0.717, 1.165) is 25.3 Å². The number of halogens is 7. The highest BCUT2D eigenvalue weighted by Crippen LogP contribution is 2.35. The Labute approximate surface area is 162 Å². The lowest BCUT2D eigenvalue weighted by atomic mass is 10.3. The number of hydrogen-bond donors (Lipinski definition) is 2. The zero-order chi connectivity index (χ0) is 23.0. The SMILES string of the molecule is COc1ccc(NS(=O)(=O)c2c(F)c(F)c(OC(=O)C(F)(F)F)c(F)c2F)cc1O. The second kappa shape index (κ2) is 7.89. The van der Waals surface area contributed by atoms with Gasteiger partial charge in [-0.1, -0.05) is 0 Å². The highest BCUT2D eigenvalue weighted by molar-refractivity contribution is 7.92. The summed E-state index contributed by atoms with van der Waals surface area (Å²) in [5, 5.41) is 9.57. The van der Waals surface area contributed by atoms with Crippen molar-refractivity contribution in [3.05, 3.63) is 41.5 Å². The Bertz CT molecular complexity index is 1090. The Morgan fingerprint density at radius 1 is 1.03 bits per heavy atom. The molecule has 2 aromatic rings. The molecule has 0 heterocycles. The average Bonchev–Trinajstić information content (AvgIpc) is 2.62. The van der Waals surface area contributed by atoms with Crippen LogP contribution in [0.3, 0.4) is 0 Å². The van der Waals surface area contributed by atoms with Gasteiger partial charge < -0.3 is 14.6 Å². The molecule has 0 aliphatic rings. The van der Waals surface area contributed by atoms with Crippen molar-refractivity contribution in [1.82, 2.24) is 0 Å². The van der Waals surface area contributed by atoms with E-state index in [1.807, 2.05) is 0 Å². The van der Waals surface area contributed by atoms with Crippen LogP contribution < -0.4 is 14.2 Å². The first-order chi connectivity index (χ1) is 13.7. The van der Waals surface area contributed by atoms with E-state index in [1.54, 1.807) is 0 Å². The molecule has 7 nitrogen and oxygen atoms in total. The van der Waals surface area contributed by atoms with Crippen molar-refractivity contribution >= 4 is 21.7 Å². The summed E-state index contributed by atoms with van der Waals surface area (Å²) in [6.07, 6.45) is -5.77. The van der Waals surface area contributed by atoms with Crippen LogP contribution in [0.1, 0.15) is 0 Å². The van der Waals surface area contributed by atoms with Crippen LogP contribution in [0.15, 0.2) is 23.1 Å². The van der Waals surface area contributed by atoms with Crippen LogP contribution in [0.5, 0.6) is 17.2 Å². The molecule has 0 spiro atoms. The number of sulfonamides is 1. The van der Waals surface area contributed by atoms with Gasteiger partial charge in [-0.05, 0) is 12.1 Å². The van der Waals surface area contributed by atoms with Crippen LogP contribution in [0.4, 0.5) is 36.4 Å². The Balaban J connectivity index is 2.54. The summed E-state index contributed by atoms with van der Waals surface area (Å²) in [4.78, 5) is 8.43. The average molecular weight is 463 g/mol. The summed E-state index contributed by atoms with van der Waals surface area (Å²) >= 11 is 0. The molecule has 30 heavy (non-hydrogen) atoms. The van der Waals surface area contributed by atoms with Crippen LogP contribution in [0, 0.1) is 23.3 Å². The minimum atomic E-state index is -5.77. The first-order valence-electron chi connectivity index (χ1n) is 7.25. The summed E-state index contributed by atoms with van der Waals surface area (Å²) < 4.78 is 126. The third-order valence-corrected chi connectivity index (χ3v) is 4.71. The first-order valence-corrected chi connectivity index (χ1v) is 8.73. The molecule has 0 aromatic heterocycles. The van der Waals surface area contributed by atoms with E-state index >= 15 is 0 Å². The summed E-state index contributed by atoms with van der Waals surface area (Å²) in [7, 11) is -4.27. The maximum absolute atomic E-state index is 14.1. The predicted molar refractivity (Wildman–Crippen MR) is 83.4 cm³/mol. The number of phenolic OH excluding ortho intramolecular Hbond substituents is 1. The molecule has 0 saturated carbocycles. The molecular weight excluding hydrogens is 455 g/mol. The van der Waals surface area contributed by atoms with E-state index in [9.17, 15) is 49.1 Å². The Hall–Kier alpha value is -3.23. The molecule has 0 amide bonds. The standard InChI is InChI=1S/C15H8F7NO6S/c1-28-7-3-2-5(4-6(7)24)23-30(26,27)13-10(18)8(16)12(9(17)11(13)19)29-14(25)15(20,21)22/h2-4,23-24H,1H3. The number of methoxy groups -OCH3 is 1. The highest BCUT2D eigenvalue weighted by atomic mass is 32.2. The zero-order valence-electron chi connectivity index (χ0n) is 14.3. The summed E-state index contributed by atoms with van der Waals surface area (Å²) in [6, 6.07) is 2.69. The quantitative estimate of drug-likeness (QED) is 0.306. The molecule has 2 N–H and O–H groups in total. The van der Waals surface area contributed by atoms with Gasteiger partial charge in [0.2, 0.25) is 17.4 Å². The molecule has 0 bridgehead atoms. The van der Waals surface area contributed by atoms with Gasteiger partial charge in [-0.15, -0.1) is 0 Å². The number of phenols is 1. The highest BCUT2D eigenvalue weighted by Gasteiger charge is 2.44. The van der Waals surface area contributed by atoms with E-state index < -0.39 is 67.5 Å². The minimum Gasteiger partial charge on any atom is -0.504 e. The van der Waals surface area contributed by atoms with Gasteiger partial charge in [0.15, 0.2) is 28.0 Å². The van der Waals surface area contributed by atoms with Crippen molar-refractivity contribution in [2.75, 3.05) is 11.8 Å². The number of anilines is 1. The Morgan fingerprint density at radius 3 is 2.00 bits per heavy atom. The molecule has 2 rings (SSSR count). The number of carbonyl (C=O) groups excluding carboxylic acids is 1. The number of nitrogens with one attached hydrogen (secondary N) is 1. The van der Waals surface area contributed by atoms with Gasteiger partial charge >= 0.3 is 12.1 Å². The fourth-order valence-corrected chi connectivity index (χ4v) is 3.22. The van der Waals surface area contributed by atoms with E-state index in [1.165, 1.54) is 4.72 Å². The number of carbonyl (C=O) groups is 1. The number of hydrogen-bond acceptors (Lipinski definition) is 6. The molecule has 164 valence electrons. The second-order valence-corrected chi connectivity index (χ2v) is 6.91. The van der Waals surface area contributed by atoms with Crippen molar-refractivity contribution in [2.24, 2.45) is 0 Å². The summed E-state index contributed by atoms with van der Waals surface area (Å²) in [5.41, 5.74) is -0.527. The van der Waals surface area contributed by atoms with Crippen LogP contribution in [-0.4, -0.2) is 32.8 Å². The first kappa shape index (κ1) is 23.1. The molecule has 15 heteroatoms. The normalized spacial score (nSPS) is 11.9. The number of alkyl halides is 3. The molecule has 0 saturated heterocycles. The van der Waals surface area contributed by atoms with Crippen molar-refractivity contribution in [3.63, 3.8) is 0 Å². The molecule has 0 aliphatic heterocycles. The van der Waals surface area contributed by atoms with Crippen LogP contribution in [-0.2, 0) is 14.8 Å². The third-order valence-electron chi connectivity index (χ3n) is 3.31. The van der Waals surface area contributed by atoms with Gasteiger partial charge in [0.05, 0.1) is 12.8 Å². The monoisotopic (exact) mass is 463 g/mol. The van der Waals surface area contributed by atoms with Gasteiger partial charge in [0.1, 0.15) is 0 Å². The molecule has 0 radical (unpaired) electrons. The van der Waals surface area contributed by atoms with E-state index in [4.69, 9.17) is 0 Å². The Morgan fingerprint density at radius 2 is 1.57 bits per heavy atom. The van der Waals surface area contributed by atoms with Crippen molar-refractivity contribution in [3.8, 4) is 17.2 Å². The number of benzene rings is 2. The lowest BCUT2D eigenvalue weighted by Crippen LogP contribution is -2.29. The zero-order valence-corrected chi connectivity index (χ0v) is 15.1. The number of rotatable bonds is 5. The lowest BCUT2D eigenvalue weighted by Gasteiger charge is -2.14. The van der Waals surface area contributed by atoms with Crippen molar-refractivity contribution in [1.29, 1.82) is 0 Å². The van der Waals surface area contributed by atoms with Crippen molar-refractivity contribution < 1.29 is 58.5 Å². The topological polar surface area (TPSA) is 102 Å². The van der Waals surface area contributed by atoms with Gasteiger partial charge in [-0.3, -0.25) is 4.72 Å². The maximum atomic E-state index is 14.1. The van der Waals surface area contributed by atoms with Gasteiger partial charge in [0, 0.05) is 6.07 Å². The number of aromatic hydroxyl groups is 1. The van der Waals surface area contributed by atoms with E-state index in [2.05, 4.69) is 9.47 Å². The van der Waals surface area contributed by atoms with Gasteiger partial charge in [-0.25, -0.2) is 22.0 Å². The largest absolute Gasteiger partial charge is 0.504 e. The smallest absolute Gasteiger partial charge is 0.491 e. The molecule has 0 atom stereocenters. The minimum absolute atomic E-state index is 0.122. The third kappa shape index (κ3) is 4.34. The Kier molecular flexibility index (Phi) is 6.06. The fraction of sp³-hybridized carbons (Fsp3) is 0.133. The summed E-state index contributed by atoms with van der Waals surface area (Å²) in [6.45, 7) is 0. The number of esters is 1. The molecule has 0 unspecified atom stereocenters. The molecule has 0 aliphatic carbocycles. The maximum Gasteiger partial charge on any atom is 0.491 e. The van der Waals surface area contributed by atoms with E-state index in [0.29, 0.717) is 0 Å². The van der Waals surface area contributed by atoms with Crippen LogP contribution in [0.2, 0.25) is 0 Å². The molecule has 0 fully saturated rings. The van der Waals surface area contributed by atoms with E-state index in [-0.39, 0.29) is 5.75 Å². The molecule has 2 aromatic carbocycles. The van der Waals surface area contributed by atoms with Gasteiger partial charge in [-0.2, -0.15) is 22.0 Å². The fourth-order valence-electron chi connectivity index (χ4n) is 2.03. The predicted octanol–water partition coefficient (Wildman–Crippen LogP) is 3.23. The second-order valence-electron chi connectivity index (χ2n) is 5.29. The van der Waals surface area contributed by atoms with Gasteiger partial charge in [0.25, 0.3) is 10.0 Å². The van der Waals surface area contributed by atoms with Crippen LogP contribution >= 0.6 is 0 Å². The lowest BCUT2D eigenvalue weighted by molar-refractivity contribution is -0.190.